The normalized spacial score (nSPS) is 13.5. The SMILES string of the molecule is CC1(C)c2ccccc2-c2c1ccc1c2c2ccccc2n1-c1cc(-c2ccccc2)cc(-c2ccc3c(c2)c2cccc4c5ccccc5c(=O)n3c42)c1. The molecule has 0 fully saturated rings. The second-order valence-corrected chi connectivity index (χ2v) is 15.7. The molecule has 0 radical (unpaired) electrons. The summed E-state index contributed by atoms with van der Waals surface area (Å²) < 4.78 is 4.39. The third-order valence-electron chi connectivity index (χ3n) is 12.4. The number of pyridine rings is 1. The van der Waals surface area contributed by atoms with E-state index >= 15 is 0 Å². The molecule has 0 amide bonds. The summed E-state index contributed by atoms with van der Waals surface area (Å²) in [4.78, 5) is 14.1. The summed E-state index contributed by atoms with van der Waals surface area (Å²) in [5.74, 6) is 0. The van der Waals surface area contributed by atoms with Crippen LogP contribution in [0, 0.1) is 0 Å². The maximum absolute atomic E-state index is 14.1. The summed E-state index contributed by atoms with van der Waals surface area (Å²) in [5.41, 5.74) is 15.4. The molecule has 0 atom stereocenters. The van der Waals surface area contributed by atoms with E-state index in [2.05, 4.69) is 170 Å². The van der Waals surface area contributed by atoms with E-state index in [1.807, 2.05) is 22.6 Å². The molecule has 0 bridgehead atoms. The van der Waals surface area contributed by atoms with Crippen molar-refractivity contribution in [2.45, 2.75) is 19.3 Å². The zero-order valence-electron chi connectivity index (χ0n) is 30.5. The van der Waals surface area contributed by atoms with Crippen molar-refractivity contribution in [3.8, 4) is 39.1 Å². The highest BCUT2D eigenvalue weighted by Gasteiger charge is 2.37. The molecule has 3 heteroatoms. The van der Waals surface area contributed by atoms with Crippen molar-refractivity contribution in [1.82, 2.24) is 8.97 Å². The molecule has 3 nitrogen and oxygen atoms in total. The van der Waals surface area contributed by atoms with Crippen LogP contribution in [0.2, 0.25) is 0 Å². The van der Waals surface area contributed by atoms with Gasteiger partial charge in [0.1, 0.15) is 0 Å². The van der Waals surface area contributed by atoms with Gasteiger partial charge in [-0.3, -0.25) is 9.20 Å². The Morgan fingerprint density at radius 1 is 0.436 bits per heavy atom. The summed E-state index contributed by atoms with van der Waals surface area (Å²) in [7, 11) is 0. The van der Waals surface area contributed by atoms with Crippen molar-refractivity contribution in [3.05, 3.63) is 191 Å². The number of hydrogen-bond donors (Lipinski definition) is 0. The third-order valence-corrected chi connectivity index (χ3v) is 12.4. The molecular formula is C52H34N2O. The molecule has 3 aromatic heterocycles. The summed E-state index contributed by atoms with van der Waals surface area (Å²) >= 11 is 0. The molecule has 0 saturated carbocycles. The van der Waals surface area contributed by atoms with E-state index in [-0.39, 0.29) is 11.0 Å². The van der Waals surface area contributed by atoms with E-state index in [1.54, 1.807) is 0 Å². The fraction of sp³-hybridized carbons (Fsp3) is 0.0577. The third kappa shape index (κ3) is 4.02. The first kappa shape index (κ1) is 30.5. The number of para-hydroxylation sites is 2. The minimum Gasteiger partial charge on any atom is -0.309 e. The van der Waals surface area contributed by atoms with Gasteiger partial charge in [0.05, 0.1) is 22.1 Å². The van der Waals surface area contributed by atoms with E-state index in [0.717, 1.165) is 60.3 Å². The molecule has 1 aliphatic rings. The Hall–Kier alpha value is -6.97. The van der Waals surface area contributed by atoms with Gasteiger partial charge in [-0.25, -0.2) is 0 Å². The predicted octanol–water partition coefficient (Wildman–Crippen LogP) is 12.9. The summed E-state index contributed by atoms with van der Waals surface area (Å²) in [5, 5.41) is 7.58. The fourth-order valence-electron chi connectivity index (χ4n) is 9.94. The lowest BCUT2D eigenvalue weighted by Gasteiger charge is -2.21. The number of hydrogen-bond acceptors (Lipinski definition) is 1. The van der Waals surface area contributed by atoms with Gasteiger partial charge in [-0.1, -0.05) is 135 Å². The molecule has 0 aliphatic heterocycles. The Balaban J connectivity index is 1.15. The lowest BCUT2D eigenvalue weighted by Crippen LogP contribution is -2.14. The Bertz CT molecular complexity index is 3470. The Kier molecular flexibility index (Phi) is 5.99. The van der Waals surface area contributed by atoms with Gasteiger partial charge in [0.2, 0.25) is 0 Å². The smallest absolute Gasteiger partial charge is 0.263 e. The molecule has 258 valence electrons. The van der Waals surface area contributed by atoms with Crippen LogP contribution in [-0.4, -0.2) is 8.97 Å². The number of aromatic nitrogens is 2. The Labute approximate surface area is 317 Å². The molecule has 0 unspecified atom stereocenters. The van der Waals surface area contributed by atoms with Crippen molar-refractivity contribution in [2.75, 3.05) is 0 Å². The molecule has 0 saturated heterocycles. The van der Waals surface area contributed by atoms with Crippen LogP contribution in [0.3, 0.4) is 0 Å². The summed E-state index contributed by atoms with van der Waals surface area (Å²) in [6, 6.07) is 61.2. The van der Waals surface area contributed by atoms with Crippen molar-refractivity contribution in [1.29, 1.82) is 0 Å². The van der Waals surface area contributed by atoms with Gasteiger partial charge in [-0.05, 0) is 98.4 Å². The lowest BCUT2D eigenvalue weighted by molar-refractivity contribution is 0.661. The highest BCUT2D eigenvalue weighted by Crippen LogP contribution is 2.53. The van der Waals surface area contributed by atoms with Gasteiger partial charge < -0.3 is 4.57 Å². The first-order chi connectivity index (χ1) is 27.0. The van der Waals surface area contributed by atoms with Crippen LogP contribution in [0.5, 0.6) is 0 Å². The number of nitrogens with zero attached hydrogens (tertiary/aromatic N) is 2. The topological polar surface area (TPSA) is 26.4 Å². The largest absolute Gasteiger partial charge is 0.309 e. The van der Waals surface area contributed by atoms with Gasteiger partial charge in [0.25, 0.3) is 5.56 Å². The van der Waals surface area contributed by atoms with Gasteiger partial charge in [0, 0.05) is 43.4 Å². The molecule has 12 rings (SSSR count). The number of fused-ring (bicyclic) bond motifs is 12. The highest BCUT2D eigenvalue weighted by atomic mass is 16.1. The van der Waals surface area contributed by atoms with Crippen molar-refractivity contribution >= 4 is 59.8 Å². The Morgan fingerprint density at radius 2 is 1.09 bits per heavy atom. The van der Waals surface area contributed by atoms with E-state index < -0.39 is 0 Å². The minimum absolute atomic E-state index is 0.0271. The van der Waals surface area contributed by atoms with Gasteiger partial charge in [-0.2, -0.15) is 0 Å². The van der Waals surface area contributed by atoms with Crippen LogP contribution >= 0.6 is 0 Å². The molecule has 0 N–H and O–H groups in total. The van der Waals surface area contributed by atoms with Crippen LogP contribution in [0.4, 0.5) is 0 Å². The average molecular weight is 703 g/mol. The van der Waals surface area contributed by atoms with Gasteiger partial charge >= 0.3 is 0 Å². The summed E-state index contributed by atoms with van der Waals surface area (Å²) in [6.07, 6.45) is 0. The summed E-state index contributed by atoms with van der Waals surface area (Å²) in [6.45, 7) is 4.71. The van der Waals surface area contributed by atoms with E-state index in [4.69, 9.17) is 0 Å². The number of benzene rings is 8. The van der Waals surface area contributed by atoms with Crippen LogP contribution in [-0.2, 0) is 5.41 Å². The Morgan fingerprint density at radius 3 is 1.93 bits per heavy atom. The van der Waals surface area contributed by atoms with Crippen LogP contribution in [0.15, 0.2) is 175 Å². The average Bonchev–Trinajstić information content (AvgIpc) is 3.83. The van der Waals surface area contributed by atoms with Gasteiger partial charge in [-0.15, -0.1) is 0 Å². The standard InChI is InChI=1S/C52H34N2O/c1-52(2)43-21-10-8-17-40(43)48-44(52)24-26-47-49(48)41-18-9-11-22-45(41)53(47)35-28-33(31-13-4-3-5-14-31)27-34(29-35)32-23-25-46-42(30-32)38-20-12-19-37-36-15-6-7-16-39(36)51(55)54(46)50(37)38/h3-30H,1-2H3. The molecule has 3 heterocycles. The first-order valence-corrected chi connectivity index (χ1v) is 19.1. The minimum atomic E-state index is -0.0842. The van der Waals surface area contributed by atoms with Crippen molar-refractivity contribution < 1.29 is 0 Å². The maximum atomic E-state index is 14.1. The van der Waals surface area contributed by atoms with Crippen molar-refractivity contribution in [2.24, 2.45) is 0 Å². The van der Waals surface area contributed by atoms with Crippen LogP contribution < -0.4 is 5.56 Å². The zero-order chi connectivity index (χ0) is 36.6. The first-order valence-electron chi connectivity index (χ1n) is 19.1. The predicted molar refractivity (Wildman–Crippen MR) is 230 cm³/mol. The second-order valence-electron chi connectivity index (χ2n) is 15.7. The molecular weight excluding hydrogens is 669 g/mol. The molecule has 11 aromatic rings. The monoisotopic (exact) mass is 702 g/mol. The van der Waals surface area contributed by atoms with E-state index in [0.29, 0.717) is 0 Å². The van der Waals surface area contributed by atoms with Gasteiger partial charge in [0.15, 0.2) is 0 Å². The second kappa shape index (κ2) is 10.8. The van der Waals surface area contributed by atoms with Crippen LogP contribution in [0.1, 0.15) is 25.0 Å². The lowest BCUT2D eigenvalue weighted by atomic mass is 9.82. The quantitative estimate of drug-likeness (QED) is 0.168. The fourth-order valence-corrected chi connectivity index (χ4v) is 9.94. The maximum Gasteiger partial charge on any atom is 0.263 e. The van der Waals surface area contributed by atoms with Crippen molar-refractivity contribution in [3.63, 3.8) is 0 Å². The van der Waals surface area contributed by atoms with Crippen LogP contribution in [0.25, 0.3) is 98.8 Å². The molecule has 0 spiro atoms. The highest BCUT2D eigenvalue weighted by molar-refractivity contribution is 6.21. The molecule has 55 heavy (non-hydrogen) atoms. The van der Waals surface area contributed by atoms with E-state index in [1.165, 1.54) is 49.6 Å². The zero-order valence-corrected chi connectivity index (χ0v) is 30.5. The van der Waals surface area contributed by atoms with E-state index in [9.17, 15) is 4.79 Å². The molecule has 8 aromatic carbocycles. The number of rotatable bonds is 3. The molecule has 1 aliphatic carbocycles.